The van der Waals surface area contributed by atoms with Gasteiger partial charge in [-0.1, -0.05) is 31.4 Å². The van der Waals surface area contributed by atoms with Crippen LogP contribution < -0.4 is 10.2 Å². The maximum Gasteiger partial charge on any atom is 0.0771 e. The van der Waals surface area contributed by atoms with Crippen LogP contribution in [0.1, 0.15) is 51.5 Å². The Balaban J connectivity index is 1.80. The molecule has 0 atom stereocenters. The van der Waals surface area contributed by atoms with Gasteiger partial charge in [0.05, 0.1) is 5.60 Å². The smallest absolute Gasteiger partial charge is 0.0771 e. The topological polar surface area (TPSA) is 35.5 Å². The van der Waals surface area contributed by atoms with Crippen molar-refractivity contribution in [2.24, 2.45) is 0 Å². The van der Waals surface area contributed by atoms with Crippen molar-refractivity contribution in [1.29, 1.82) is 0 Å². The number of nitrogens with one attached hydrogen (secondary N) is 1. The van der Waals surface area contributed by atoms with Crippen molar-refractivity contribution in [3.8, 4) is 0 Å². The molecule has 3 heteroatoms. The van der Waals surface area contributed by atoms with Gasteiger partial charge in [0.15, 0.2) is 0 Å². The molecule has 0 heterocycles. The second-order valence-corrected chi connectivity index (χ2v) is 6.23. The van der Waals surface area contributed by atoms with Crippen LogP contribution in [0, 0.1) is 0 Å². The van der Waals surface area contributed by atoms with E-state index >= 15 is 0 Å². The van der Waals surface area contributed by atoms with Crippen molar-refractivity contribution in [2.45, 2.75) is 58.1 Å². The number of hydrogen-bond acceptors (Lipinski definition) is 3. The van der Waals surface area contributed by atoms with Gasteiger partial charge >= 0.3 is 0 Å². The number of anilines is 1. The lowest BCUT2D eigenvalue weighted by molar-refractivity contribution is 0.00468. The summed E-state index contributed by atoms with van der Waals surface area (Å²) in [6.45, 7) is 8.00. The minimum Gasteiger partial charge on any atom is -0.389 e. The van der Waals surface area contributed by atoms with E-state index < -0.39 is 5.60 Å². The van der Waals surface area contributed by atoms with Gasteiger partial charge in [-0.3, -0.25) is 0 Å². The molecule has 0 unspecified atom stereocenters. The first kappa shape index (κ1) is 16.3. The van der Waals surface area contributed by atoms with Gasteiger partial charge in [0.2, 0.25) is 0 Å². The van der Waals surface area contributed by atoms with Crippen LogP contribution in [0.2, 0.25) is 0 Å². The minimum atomic E-state index is -0.473. The number of nitrogens with zero attached hydrogens (tertiary/aromatic N) is 1. The van der Waals surface area contributed by atoms with Crippen LogP contribution in [0.25, 0.3) is 0 Å². The molecule has 1 fully saturated rings. The molecule has 0 spiro atoms. The molecule has 1 aromatic carbocycles. The monoisotopic (exact) mass is 290 g/mol. The van der Waals surface area contributed by atoms with Gasteiger partial charge in [-0.25, -0.2) is 0 Å². The van der Waals surface area contributed by atoms with Crippen molar-refractivity contribution < 1.29 is 5.11 Å². The van der Waals surface area contributed by atoms with Crippen LogP contribution in [-0.4, -0.2) is 30.3 Å². The molecule has 0 bridgehead atoms. The molecular formula is C18H30N2O. The summed E-state index contributed by atoms with van der Waals surface area (Å²) < 4.78 is 0. The first-order valence-corrected chi connectivity index (χ1v) is 8.44. The van der Waals surface area contributed by atoms with E-state index in [-0.39, 0.29) is 0 Å². The zero-order chi connectivity index (χ0) is 15.1. The SMILES string of the molecule is CCN(CC)c1ccc(CNCC2(O)CCCCC2)cc1. The predicted molar refractivity (Wildman–Crippen MR) is 89.7 cm³/mol. The lowest BCUT2D eigenvalue weighted by Gasteiger charge is -2.32. The summed E-state index contributed by atoms with van der Waals surface area (Å²) in [5.74, 6) is 0. The van der Waals surface area contributed by atoms with Gasteiger partial charge in [-0.2, -0.15) is 0 Å². The predicted octanol–water partition coefficient (Wildman–Crippen LogP) is 3.32. The Kier molecular flexibility index (Phi) is 6.07. The molecule has 21 heavy (non-hydrogen) atoms. The normalized spacial score (nSPS) is 17.7. The Morgan fingerprint density at radius 1 is 1.05 bits per heavy atom. The highest BCUT2D eigenvalue weighted by molar-refractivity contribution is 5.47. The van der Waals surface area contributed by atoms with Gasteiger partial charge in [0.1, 0.15) is 0 Å². The lowest BCUT2D eigenvalue weighted by atomic mass is 9.85. The molecule has 2 N–H and O–H groups in total. The molecule has 1 aromatic rings. The van der Waals surface area contributed by atoms with Crippen molar-refractivity contribution in [3.05, 3.63) is 29.8 Å². The molecule has 0 aliphatic heterocycles. The van der Waals surface area contributed by atoms with E-state index in [0.717, 1.165) is 45.3 Å². The lowest BCUT2D eigenvalue weighted by Crippen LogP contribution is -2.41. The maximum absolute atomic E-state index is 10.5. The summed E-state index contributed by atoms with van der Waals surface area (Å²) in [6, 6.07) is 8.76. The van der Waals surface area contributed by atoms with Crippen LogP contribution in [0.3, 0.4) is 0 Å². The molecule has 1 aliphatic carbocycles. The Hall–Kier alpha value is -1.06. The quantitative estimate of drug-likeness (QED) is 0.808. The van der Waals surface area contributed by atoms with Crippen LogP contribution in [0.5, 0.6) is 0 Å². The summed E-state index contributed by atoms with van der Waals surface area (Å²) in [4.78, 5) is 2.35. The number of aliphatic hydroxyl groups is 1. The minimum absolute atomic E-state index is 0.473. The van der Waals surface area contributed by atoms with Crippen LogP contribution in [-0.2, 0) is 6.54 Å². The highest BCUT2D eigenvalue weighted by atomic mass is 16.3. The second-order valence-electron chi connectivity index (χ2n) is 6.23. The highest BCUT2D eigenvalue weighted by Gasteiger charge is 2.28. The Morgan fingerprint density at radius 2 is 1.67 bits per heavy atom. The third kappa shape index (κ3) is 4.72. The fraction of sp³-hybridized carbons (Fsp3) is 0.667. The fourth-order valence-electron chi connectivity index (χ4n) is 3.24. The molecule has 0 radical (unpaired) electrons. The summed E-state index contributed by atoms with van der Waals surface area (Å²) >= 11 is 0. The molecule has 1 saturated carbocycles. The van der Waals surface area contributed by atoms with Crippen LogP contribution in [0.15, 0.2) is 24.3 Å². The van der Waals surface area contributed by atoms with Crippen molar-refractivity contribution >= 4 is 5.69 Å². The maximum atomic E-state index is 10.5. The average molecular weight is 290 g/mol. The third-order valence-corrected chi connectivity index (χ3v) is 4.63. The second kappa shape index (κ2) is 7.81. The van der Waals surface area contributed by atoms with E-state index in [4.69, 9.17) is 0 Å². The summed E-state index contributed by atoms with van der Waals surface area (Å²) in [6.07, 6.45) is 5.49. The molecule has 2 rings (SSSR count). The van der Waals surface area contributed by atoms with E-state index in [2.05, 4.69) is 48.3 Å². The highest BCUT2D eigenvalue weighted by Crippen LogP contribution is 2.27. The standard InChI is InChI=1S/C18H30N2O/c1-3-20(4-2)17-10-8-16(9-11-17)14-19-15-18(21)12-6-5-7-13-18/h8-11,19,21H,3-7,12-15H2,1-2H3. The number of hydrogen-bond donors (Lipinski definition) is 2. The Morgan fingerprint density at radius 3 is 2.24 bits per heavy atom. The Labute approximate surface area is 129 Å². The van der Waals surface area contributed by atoms with Crippen molar-refractivity contribution in [1.82, 2.24) is 5.32 Å². The Bertz CT molecular complexity index is 406. The summed E-state index contributed by atoms with van der Waals surface area (Å²) in [5.41, 5.74) is 2.10. The van der Waals surface area contributed by atoms with Gasteiger partial charge in [-0.15, -0.1) is 0 Å². The summed E-state index contributed by atoms with van der Waals surface area (Å²) in [7, 11) is 0. The van der Waals surface area contributed by atoms with E-state index in [1.165, 1.54) is 17.7 Å². The van der Waals surface area contributed by atoms with Crippen molar-refractivity contribution in [2.75, 3.05) is 24.5 Å². The molecule has 1 aliphatic rings. The molecule has 3 nitrogen and oxygen atoms in total. The zero-order valence-electron chi connectivity index (χ0n) is 13.6. The van der Waals surface area contributed by atoms with Gasteiger partial charge in [0, 0.05) is 31.9 Å². The van der Waals surface area contributed by atoms with Gasteiger partial charge in [-0.05, 0) is 44.4 Å². The van der Waals surface area contributed by atoms with Crippen LogP contribution in [0.4, 0.5) is 5.69 Å². The number of benzene rings is 1. The van der Waals surface area contributed by atoms with Gasteiger partial charge < -0.3 is 15.3 Å². The first-order chi connectivity index (χ1) is 10.2. The van der Waals surface area contributed by atoms with Crippen molar-refractivity contribution in [3.63, 3.8) is 0 Å². The first-order valence-electron chi connectivity index (χ1n) is 8.44. The van der Waals surface area contributed by atoms with E-state index in [1.807, 2.05) is 0 Å². The van der Waals surface area contributed by atoms with Gasteiger partial charge in [0.25, 0.3) is 0 Å². The molecular weight excluding hydrogens is 260 g/mol. The number of rotatable bonds is 7. The molecule has 0 aromatic heterocycles. The molecule has 0 saturated heterocycles. The largest absolute Gasteiger partial charge is 0.389 e. The van der Waals surface area contributed by atoms with Crippen LogP contribution >= 0.6 is 0 Å². The fourth-order valence-corrected chi connectivity index (χ4v) is 3.24. The van der Waals surface area contributed by atoms with E-state index in [1.54, 1.807) is 0 Å². The average Bonchev–Trinajstić information content (AvgIpc) is 2.50. The molecule has 118 valence electrons. The summed E-state index contributed by atoms with van der Waals surface area (Å²) in [5, 5.41) is 13.9. The zero-order valence-corrected chi connectivity index (χ0v) is 13.6. The molecule has 0 amide bonds. The third-order valence-electron chi connectivity index (χ3n) is 4.63. The van der Waals surface area contributed by atoms with E-state index in [9.17, 15) is 5.11 Å². The van der Waals surface area contributed by atoms with E-state index in [0.29, 0.717) is 6.54 Å².